The van der Waals surface area contributed by atoms with Crippen molar-refractivity contribution in [3.05, 3.63) is 88.0 Å². The van der Waals surface area contributed by atoms with E-state index in [9.17, 15) is 4.79 Å². The van der Waals surface area contributed by atoms with E-state index >= 15 is 0 Å². The minimum absolute atomic E-state index is 0.0518. The molecule has 0 atom stereocenters. The maximum Gasteiger partial charge on any atom is 0.253 e. The van der Waals surface area contributed by atoms with Crippen molar-refractivity contribution < 1.29 is 14.3 Å². The lowest BCUT2D eigenvalue weighted by Crippen LogP contribution is -2.49. The van der Waals surface area contributed by atoms with Crippen LogP contribution in [0.3, 0.4) is 0 Å². The van der Waals surface area contributed by atoms with E-state index in [1.165, 1.54) is 16.8 Å². The lowest BCUT2D eigenvalue weighted by atomic mass is 10.1. The Morgan fingerprint density at radius 2 is 1.59 bits per heavy atom. The number of hydrogen-bond acceptors (Lipinski definition) is 4. The molecule has 0 bridgehead atoms. The number of rotatable bonds is 6. The number of nitrogens with zero attached hydrogens (tertiary/aromatic N) is 2. The molecule has 1 amide bonds. The lowest BCUT2D eigenvalue weighted by molar-refractivity contribution is 0.0746. The van der Waals surface area contributed by atoms with E-state index in [0.29, 0.717) is 25.3 Å². The maximum absolute atomic E-state index is 13.3. The molecule has 178 valence electrons. The number of amides is 1. The first-order chi connectivity index (χ1) is 16.4. The lowest BCUT2D eigenvalue weighted by Gasteiger charge is -2.37. The Bertz CT molecular complexity index is 1160. The van der Waals surface area contributed by atoms with Crippen LogP contribution in [0.1, 0.15) is 38.2 Å². The highest BCUT2D eigenvalue weighted by Gasteiger charge is 2.24. The average Bonchev–Trinajstić information content (AvgIpc) is 2.83. The van der Waals surface area contributed by atoms with Crippen LogP contribution in [0.4, 0.5) is 5.69 Å². The zero-order chi connectivity index (χ0) is 24.2. The van der Waals surface area contributed by atoms with Crippen molar-refractivity contribution in [1.82, 2.24) is 4.90 Å². The van der Waals surface area contributed by atoms with Crippen LogP contribution < -0.4 is 14.4 Å². The summed E-state index contributed by atoms with van der Waals surface area (Å²) in [5.74, 6) is 1.59. The summed E-state index contributed by atoms with van der Waals surface area (Å²) in [6.07, 6.45) is 0. The fourth-order valence-corrected chi connectivity index (χ4v) is 4.61. The Kier molecular flexibility index (Phi) is 7.11. The summed E-state index contributed by atoms with van der Waals surface area (Å²) in [6, 6.07) is 18.2. The third-order valence-corrected chi connectivity index (χ3v) is 6.60. The number of piperazine rings is 1. The van der Waals surface area contributed by atoms with Crippen LogP contribution in [0.15, 0.2) is 54.6 Å². The van der Waals surface area contributed by atoms with Gasteiger partial charge in [0.15, 0.2) is 0 Å². The SMILES string of the molecule is COc1ccc(C(=O)N2CCN(c3cccc(C)c3C)CC2)cc1COc1cc(C)cc(C)c1. The van der Waals surface area contributed by atoms with Gasteiger partial charge in [-0.3, -0.25) is 4.79 Å². The van der Waals surface area contributed by atoms with Gasteiger partial charge < -0.3 is 19.3 Å². The third-order valence-electron chi connectivity index (χ3n) is 6.60. The monoisotopic (exact) mass is 458 g/mol. The number of benzene rings is 3. The minimum atomic E-state index is 0.0518. The van der Waals surface area contributed by atoms with Gasteiger partial charge in [0.2, 0.25) is 0 Å². The first kappa shape index (κ1) is 23.7. The molecule has 0 unspecified atom stereocenters. The summed E-state index contributed by atoms with van der Waals surface area (Å²) in [5.41, 5.74) is 7.72. The molecule has 3 aromatic rings. The zero-order valence-electron chi connectivity index (χ0n) is 20.9. The number of aryl methyl sites for hydroxylation is 3. The van der Waals surface area contributed by atoms with Crippen LogP contribution in [0.25, 0.3) is 0 Å². The molecule has 34 heavy (non-hydrogen) atoms. The highest BCUT2D eigenvalue weighted by atomic mass is 16.5. The van der Waals surface area contributed by atoms with Gasteiger partial charge in [-0.25, -0.2) is 0 Å². The molecule has 1 saturated heterocycles. The van der Waals surface area contributed by atoms with Gasteiger partial charge in [-0.15, -0.1) is 0 Å². The topological polar surface area (TPSA) is 42.0 Å². The van der Waals surface area contributed by atoms with Crippen molar-refractivity contribution in [2.45, 2.75) is 34.3 Å². The molecular formula is C29H34N2O3. The second kappa shape index (κ2) is 10.2. The molecule has 0 saturated carbocycles. The summed E-state index contributed by atoms with van der Waals surface area (Å²) in [4.78, 5) is 17.6. The van der Waals surface area contributed by atoms with Crippen molar-refractivity contribution in [1.29, 1.82) is 0 Å². The second-order valence-electron chi connectivity index (χ2n) is 9.14. The Labute approximate surface area is 202 Å². The fourth-order valence-electron chi connectivity index (χ4n) is 4.61. The van der Waals surface area contributed by atoms with E-state index in [4.69, 9.17) is 9.47 Å². The van der Waals surface area contributed by atoms with E-state index in [0.717, 1.165) is 41.3 Å². The zero-order valence-corrected chi connectivity index (χ0v) is 20.9. The minimum Gasteiger partial charge on any atom is -0.496 e. The molecule has 0 radical (unpaired) electrons. The molecule has 1 aliphatic heterocycles. The van der Waals surface area contributed by atoms with Crippen LogP contribution in [-0.2, 0) is 6.61 Å². The van der Waals surface area contributed by atoms with Crippen LogP contribution >= 0.6 is 0 Å². The molecule has 5 heteroatoms. The molecule has 0 aromatic heterocycles. The van der Waals surface area contributed by atoms with Gasteiger partial charge in [-0.1, -0.05) is 18.2 Å². The maximum atomic E-state index is 13.3. The molecule has 5 nitrogen and oxygen atoms in total. The van der Waals surface area contributed by atoms with Gasteiger partial charge in [0, 0.05) is 43.0 Å². The number of carbonyl (C=O) groups is 1. The van der Waals surface area contributed by atoms with Crippen molar-refractivity contribution in [2.24, 2.45) is 0 Å². The van der Waals surface area contributed by atoms with Crippen molar-refractivity contribution >= 4 is 11.6 Å². The molecule has 3 aromatic carbocycles. The number of methoxy groups -OCH3 is 1. The third kappa shape index (κ3) is 5.19. The first-order valence-corrected chi connectivity index (χ1v) is 11.8. The molecule has 1 heterocycles. The van der Waals surface area contributed by atoms with Gasteiger partial charge in [0.1, 0.15) is 18.1 Å². The molecule has 0 aliphatic carbocycles. The van der Waals surface area contributed by atoms with E-state index in [1.54, 1.807) is 7.11 Å². The predicted octanol–water partition coefficient (Wildman–Crippen LogP) is 5.47. The van der Waals surface area contributed by atoms with Gasteiger partial charge in [-0.05, 0) is 86.3 Å². The van der Waals surface area contributed by atoms with Crippen molar-refractivity contribution in [2.75, 3.05) is 38.2 Å². The second-order valence-corrected chi connectivity index (χ2v) is 9.14. The van der Waals surface area contributed by atoms with Gasteiger partial charge in [0.25, 0.3) is 5.91 Å². The number of ether oxygens (including phenoxy) is 2. The summed E-state index contributed by atoms with van der Waals surface area (Å²) in [6.45, 7) is 11.8. The molecule has 1 fully saturated rings. The summed E-state index contributed by atoms with van der Waals surface area (Å²) < 4.78 is 11.6. The standard InChI is InChI=1S/C29H34N2O3/c1-20-15-21(2)17-26(16-20)34-19-25-18-24(9-10-28(25)33-5)29(32)31-13-11-30(12-14-31)27-8-6-7-22(3)23(27)4/h6-10,15-18H,11-14,19H2,1-5H3. The van der Waals surface area contributed by atoms with E-state index in [-0.39, 0.29) is 5.91 Å². The molecule has 0 N–H and O–H groups in total. The van der Waals surface area contributed by atoms with Crippen LogP contribution in [0.5, 0.6) is 11.5 Å². The van der Waals surface area contributed by atoms with Crippen LogP contribution in [0.2, 0.25) is 0 Å². The Balaban J connectivity index is 1.44. The van der Waals surface area contributed by atoms with Crippen molar-refractivity contribution in [3.8, 4) is 11.5 Å². The van der Waals surface area contributed by atoms with E-state index in [1.807, 2.05) is 35.2 Å². The quantitative estimate of drug-likeness (QED) is 0.491. The normalized spacial score (nSPS) is 13.7. The summed E-state index contributed by atoms with van der Waals surface area (Å²) >= 11 is 0. The largest absolute Gasteiger partial charge is 0.496 e. The number of anilines is 1. The van der Waals surface area contributed by atoms with Crippen molar-refractivity contribution in [3.63, 3.8) is 0 Å². The number of hydrogen-bond donors (Lipinski definition) is 0. The van der Waals surface area contributed by atoms with Gasteiger partial charge >= 0.3 is 0 Å². The average molecular weight is 459 g/mol. The van der Waals surface area contributed by atoms with E-state index in [2.05, 4.69) is 56.9 Å². The van der Waals surface area contributed by atoms with Crippen LogP contribution in [0, 0.1) is 27.7 Å². The van der Waals surface area contributed by atoms with Crippen LogP contribution in [-0.4, -0.2) is 44.1 Å². The summed E-state index contributed by atoms with van der Waals surface area (Å²) in [7, 11) is 1.64. The molecule has 4 rings (SSSR count). The Hall–Kier alpha value is -3.47. The molecule has 1 aliphatic rings. The van der Waals surface area contributed by atoms with Gasteiger partial charge in [-0.2, -0.15) is 0 Å². The number of carbonyl (C=O) groups excluding carboxylic acids is 1. The predicted molar refractivity (Wildman–Crippen MR) is 137 cm³/mol. The fraction of sp³-hybridized carbons (Fsp3) is 0.345. The smallest absolute Gasteiger partial charge is 0.253 e. The molecule has 0 spiro atoms. The first-order valence-electron chi connectivity index (χ1n) is 11.8. The highest BCUT2D eigenvalue weighted by molar-refractivity contribution is 5.94. The van der Waals surface area contributed by atoms with E-state index < -0.39 is 0 Å². The van der Waals surface area contributed by atoms with Gasteiger partial charge in [0.05, 0.1) is 7.11 Å². The Morgan fingerprint density at radius 3 is 2.26 bits per heavy atom. The highest BCUT2D eigenvalue weighted by Crippen LogP contribution is 2.26. The molecular weight excluding hydrogens is 424 g/mol. The Morgan fingerprint density at radius 1 is 0.882 bits per heavy atom. The summed E-state index contributed by atoms with van der Waals surface area (Å²) in [5, 5.41) is 0.